The molecule has 3 aromatic heterocycles. The van der Waals surface area contributed by atoms with Crippen molar-refractivity contribution in [2.45, 2.75) is 6.92 Å². The highest BCUT2D eigenvalue weighted by Crippen LogP contribution is 2.23. The molecule has 37 heavy (non-hydrogen) atoms. The molecule has 6 aromatic rings. The van der Waals surface area contributed by atoms with Gasteiger partial charge in [-0.3, -0.25) is 9.36 Å². The number of aromatic nitrogens is 5. The third-order valence-electron chi connectivity index (χ3n) is 5.83. The maximum Gasteiger partial charge on any atom is 0.270 e. The Morgan fingerprint density at radius 1 is 0.919 bits per heavy atom. The molecule has 9 heteroatoms. The Morgan fingerprint density at radius 3 is 2.35 bits per heavy atom. The Morgan fingerprint density at radius 2 is 1.62 bits per heavy atom. The summed E-state index contributed by atoms with van der Waals surface area (Å²) in [5, 5.41) is 13.8. The lowest BCUT2D eigenvalue weighted by Crippen LogP contribution is -2.13. The van der Waals surface area contributed by atoms with Gasteiger partial charge in [-0.2, -0.15) is 10.2 Å². The second-order valence-corrected chi connectivity index (χ2v) is 9.34. The second kappa shape index (κ2) is 9.63. The summed E-state index contributed by atoms with van der Waals surface area (Å²) >= 11 is 1.24. The fourth-order valence-electron chi connectivity index (χ4n) is 4.00. The Labute approximate surface area is 215 Å². The van der Waals surface area contributed by atoms with Gasteiger partial charge in [-0.25, -0.2) is 9.67 Å². The largest absolute Gasteiger partial charge is 0.312 e. The first-order chi connectivity index (χ1) is 18.2. The van der Waals surface area contributed by atoms with Gasteiger partial charge in [0.05, 0.1) is 18.2 Å². The lowest BCUT2D eigenvalue weighted by Gasteiger charge is -2.02. The van der Waals surface area contributed by atoms with E-state index in [9.17, 15) is 4.79 Å². The van der Waals surface area contributed by atoms with Crippen LogP contribution in [0.3, 0.4) is 0 Å². The fraction of sp³-hybridized carbons (Fsp3) is 0.0357. The van der Waals surface area contributed by atoms with Crippen LogP contribution in [0, 0.1) is 6.92 Å². The van der Waals surface area contributed by atoms with Crippen LogP contribution >= 0.6 is 11.3 Å². The van der Waals surface area contributed by atoms with E-state index in [-0.39, 0.29) is 5.56 Å². The molecule has 0 radical (unpaired) electrons. The molecule has 6 rings (SSSR count). The van der Waals surface area contributed by atoms with E-state index < -0.39 is 0 Å². The molecule has 0 amide bonds. The zero-order valence-corrected chi connectivity index (χ0v) is 20.6. The molecule has 0 atom stereocenters. The first-order valence-corrected chi connectivity index (χ1v) is 12.4. The lowest BCUT2D eigenvalue weighted by molar-refractivity contribution is 0.884. The van der Waals surface area contributed by atoms with Crippen LogP contribution in [0.25, 0.3) is 33.0 Å². The number of nitrogens with zero attached hydrogens (tertiary/aromatic N) is 6. The van der Waals surface area contributed by atoms with E-state index in [4.69, 9.17) is 5.10 Å². The van der Waals surface area contributed by atoms with Crippen LogP contribution in [0.4, 0.5) is 0 Å². The summed E-state index contributed by atoms with van der Waals surface area (Å²) in [7, 11) is 0. The van der Waals surface area contributed by atoms with Crippen LogP contribution in [0.2, 0.25) is 0 Å². The molecule has 0 aliphatic heterocycles. The normalized spacial score (nSPS) is 12.1. The Kier molecular flexibility index (Phi) is 5.88. The minimum absolute atomic E-state index is 0.212. The van der Waals surface area contributed by atoms with Gasteiger partial charge >= 0.3 is 0 Å². The van der Waals surface area contributed by atoms with E-state index in [0.29, 0.717) is 15.1 Å². The topological polar surface area (TPSA) is 93.2 Å². The Hall–Kier alpha value is -4.89. The van der Waals surface area contributed by atoms with Crippen LogP contribution in [0.5, 0.6) is 0 Å². The van der Waals surface area contributed by atoms with E-state index in [1.807, 2.05) is 76.1 Å². The van der Waals surface area contributed by atoms with E-state index in [2.05, 4.69) is 51.4 Å². The van der Waals surface area contributed by atoms with Gasteiger partial charge in [0.15, 0.2) is 5.65 Å². The highest BCUT2D eigenvalue weighted by atomic mass is 32.1. The average molecular weight is 504 g/mol. The molecule has 180 valence electrons. The lowest BCUT2D eigenvalue weighted by atomic mass is 10.1. The fourth-order valence-corrected chi connectivity index (χ4v) is 4.94. The summed E-state index contributed by atoms with van der Waals surface area (Å²) in [4.78, 5) is 20.0. The predicted molar refractivity (Wildman–Crippen MR) is 146 cm³/mol. The number of aryl methyl sites for hydroxylation is 1. The number of aromatic amines is 1. The van der Waals surface area contributed by atoms with Gasteiger partial charge in [-0.1, -0.05) is 77.6 Å². The molecule has 0 bridgehead atoms. The number of rotatable bonds is 5. The smallest absolute Gasteiger partial charge is 0.270 e. The molecule has 0 saturated heterocycles. The van der Waals surface area contributed by atoms with Crippen LogP contribution in [0.15, 0.2) is 112 Å². The summed E-state index contributed by atoms with van der Waals surface area (Å²) in [5.74, 6) is 0. The average Bonchev–Trinajstić information content (AvgIpc) is 3.53. The first kappa shape index (κ1) is 22.6. The number of H-pyrrole nitrogens is 1. The summed E-state index contributed by atoms with van der Waals surface area (Å²) in [6, 6.07) is 27.8. The highest BCUT2D eigenvalue weighted by Gasteiger charge is 2.13. The monoisotopic (exact) mass is 503 g/mol. The number of fused-ring (bicyclic) bond motifs is 1. The molecule has 3 heterocycles. The van der Waals surface area contributed by atoms with Crippen molar-refractivity contribution >= 4 is 27.9 Å². The number of benzene rings is 3. The van der Waals surface area contributed by atoms with E-state index in [1.165, 1.54) is 23.2 Å². The van der Waals surface area contributed by atoms with Gasteiger partial charge in [0.2, 0.25) is 4.80 Å². The summed E-state index contributed by atoms with van der Waals surface area (Å²) < 4.78 is 4.15. The maximum absolute atomic E-state index is 12.4. The van der Waals surface area contributed by atoms with E-state index >= 15 is 0 Å². The number of hydrogen-bond acceptors (Lipinski definition) is 6. The van der Waals surface area contributed by atoms with Gasteiger partial charge < -0.3 is 4.98 Å². The van der Waals surface area contributed by atoms with Crippen LogP contribution < -0.4 is 10.4 Å². The number of para-hydroxylation sites is 2. The molecule has 0 aliphatic carbocycles. The van der Waals surface area contributed by atoms with Crippen molar-refractivity contribution < 1.29 is 0 Å². The predicted octanol–water partition coefficient (Wildman–Crippen LogP) is 4.87. The summed E-state index contributed by atoms with van der Waals surface area (Å²) in [6.07, 6.45) is 5.03. The van der Waals surface area contributed by atoms with Crippen molar-refractivity contribution in [1.82, 2.24) is 24.3 Å². The van der Waals surface area contributed by atoms with Gasteiger partial charge in [0.1, 0.15) is 10.4 Å². The van der Waals surface area contributed by atoms with Gasteiger partial charge in [0, 0.05) is 23.0 Å². The number of hydrogen-bond donors (Lipinski definition) is 1. The van der Waals surface area contributed by atoms with Crippen molar-refractivity contribution in [2.75, 3.05) is 0 Å². The quantitative estimate of drug-likeness (QED) is 0.269. The molecule has 0 unspecified atom stereocenters. The van der Waals surface area contributed by atoms with Crippen molar-refractivity contribution in [3.8, 4) is 22.6 Å². The van der Waals surface area contributed by atoms with Gasteiger partial charge in [0.25, 0.3) is 5.56 Å². The van der Waals surface area contributed by atoms with Gasteiger partial charge in [-0.05, 0) is 31.2 Å². The minimum Gasteiger partial charge on any atom is -0.312 e. The summed E-state index contributed by atoms with van der Waals surface area (Å²) in [6.45, 7) is 2.06. The standard InChI is InChI=1S/C28H21N7OS/c1-19-12-14-20(15-13-19)24-21(17-34(33-24)22-8-4-2-5-9-22)16-31-32-28-35(23-10-6-3-7-11-23)26-25(37-28)27(36)30-18-29-26/h2-18H,1H3,(H,29,30,36)/b31-16+,32-28-. The molecule has 3 aromatic carbocycles. The molecule has 0 saturated carbocycles. The highest BCUT2D eigenvalue weighted by molar-refractivity contribution is 7.16. The number of nitrogens with one attached hydrogen (secondary N) is 1. The van der Waals surface area contributed by atoms with Crippen molar-refractivity contribution in [3.05, 3.63) is 124 Å². The molecular formula is C28H21N7OS. The SMILES string of the molecule is Cc1ccc(-c2nn(-c3ccccc3)cc2/C=N/N=c2\sc3c(=O)[nH]cnc3n2-c2ccccc2)cc1. The Bertz CT molecular complexity index is 1840. The maximum atomic E-state index is 12.4. The van der Waals surface area contributed by atoms with E-state index in [0.717, 1.165) is 28.2 Å². The molecule has 1 N–H and O–H groups in total. The van der Waals surface area contributed by atoms with E-state index in [1.54, 1.807) is 6.21 Å². The van der Waals surface area contributed by atoms with Crippen molar-refractivity contribution in [3.63, 3.8) is 0 Å². The zero-order chi connectivity index (χ0) is 25.2. The van der Waals surface area contributed by atoms with Gasteiger partial charge in [-0.15, -0.1) is 5.10 Å². The summed E-state index contributed by atoms with van der Waals surface area (Å²) in [5.41, 5.74) is 5.89. The number of thiazole rings is 1. The molecule has 8 nitrogen and oxygen atoms in total. The molecule has 0 fully saturated rings. The third kappa shape index (κ3) is 4.43. The van der Waals surface area contributed by atoms with Crippen LogP contribution in [-0.2, 0) is 0 Å². The van der Waals surface area contributed by atoms with Crippen molar-refractivity contribution in [2.24, 2.45) is 10.2 Å². The first-order valence-electron chi connectivity index (χ1n) is 11.6. The van der Waals surface area contributed by atoms with Crippen LogP contribution in [0.1, 0.15) is 11.1 Å². The third-order valence-corrected chi connectivity index (χ3v) is 6.85. The molecule has 0 aliphatic rings. The molecule has 0 spiro atoms. The second-order valence-electron chi connectivity index (χ2n) is 8.36. The minimum atomic E-state index is -0.212. The Balaban J connectivity index is 1.48. The van der Waals surface area contributed by atoms with Crippen molar-refractivity contribution in [1.29, 1.82) is 0 Å². The molecular weight excluding hydrogens is 482 g/mol. The van der Waals surface area contributed by atoms with Crippen LogP contribution in [-0.4, -0.2) is 30.5 Å². The zero-order valence-electron chi connectivity index (χ0n) is 19.8.